The lowest BCUT2D eigenvalue weighted by atomic mass is 9.91. The van der Waals surface area contributed by atoms with Gasteiger partial charge in [-0.05, 0) is 35.6 Å². The Morgan fingerprint density at radius 2 is 1.62 bits per heavy atom. The molecule has 5 rings (SSSR count). The van der Waals surface area contributed by atoms with E-state index in [4.69, 9.17) is 0 Å². The van der Waals surface area contributed by atoms with Crippen LogP contribution in [-0.2, 0) is 12.8 Å². The van der Waals surface area contributed by atoms with Crippen LogP contribution in [0.5, 0.6) is 0 Å². The van der Waals surface area contributed by atoms with Gasteiger partial charge in [-0.3, -0.25) is 14.6 Å². The van der Waals surface area contributed by atoms with Gasteiger partial charge in [-0.2, -0.15) is 0 Å². The van der Waals surface area contributed by atoms with Crippen LogP contribution in [0.15, 0.2) is 48.9 Å². The zero-order chi connectivity index (χ0) is 19.8. The molecule has 0 bridgehead atoms. The van der Waals surface area contributed by atoms with E-state index in [1.54, 1.807) is 22.4 Å². The molecule has 1 aromatic carbocycles. The molecule has 1 aliphatic carbocycles. The van der Waals surface area contributed by atoms with Gasteiger partial charge < -0.3 is 9.80 Å². The van der Waals surface area contributed by atoms with Crippen LogP contribution in [0.2, 0.25) is 0 Å². The number of thiophene rings is 1. The summed E-state index contributed by atoms with van der Waals surface area (Å²) in [7, 11) is 0. The van der Waals surface area contributed by atoms with Crippen molar-refractivity contribution in [3.8, 4) is 10.4 Å². The maximum absolute atomic E-state index is 13.1. The van der Waals surface area contributed by atoms with E-state index in [1.165, 1.54) is 34.0 Å². The van der Waals surface area contributed by atoms with E-state index in [0.29, 0.717) is 31.9 Å². The number of fused-ring (bicyclic) bond motifs is 3. The first-order valence-electron chi connectivity index (χ1n) is 9.76. The van der Waals surface area contributed by atoms with Crippen molar-refractivity contribution in [3.05, 3.63) is 70.6 Å². The van der Waals surface area contributed by atoms with Crippen molar-refractivity contribution < 1.29 is 9.59 Å². The smallest absolute Gasteiger partial charge is 0.274 e. The molecular formula is C22H20N4O2S. The monoisotopic (exact) mass is 404 g/mol. The molecule has 7 heteroatoms. The molecule has 3 aromatic rings. The molecule has 2 aliphatic rings. The molecule has 1 fully saturated rings. The van der Waals surface area contributed by atoms with Gasteiger partial charge in [0.05, 0.1) is 11.1 Å². The van der Waals surface area contributed by atoms with Gasteiger partial charge in [0.15, 0.2) is 0 Å². The van der Waals surface area contributed by atoms with Crippen LogP contribution < -0.4 is 0 Å². The van der Waals surface area contributed by atoms with Crippen LogP contribution in [0.4, 0.5) is 0 Å². The van der Waals surface area contributed by atoms with E-state index < -0.39 is 0 Å². The van der Waals surface area contributed by atoms with Gasteiger partial charge in [0, 0.05) is 43.4 Å². The third kappa shape index (κ3) is 3.31. The lowest BCUT2D eigenvalue weighted by Gasteiger charge is -2.34. The Hall–Kier alpha value is -3.06. The Kier molecular flexibility index (Phi) is 4.60. The van der Waals surface area contributed by atoms with E-state index in [9.17, 15) is 9.59 Å². The molecule has 0 saturated carbocycles. The molecule has 146 valence electrons. The summed E-state index contributed by atoms with van der Waals surface area (Å²) in [5.41, 5.74) is 4.24. The molecule has 1 aliphatic heterocycles. The molecule has 3 heterocycles. The van der Waals surface area contributed by atoms with Gasteiger partial charge in [0.25, 0.3) is 11.8 Å². The Bertz CT molecular complexity index is 1070. The van der Waals surface area contributed by atoms with E-state index in [-0.39, 0.29) is 11.8 Å². The van der Waals surface area contributed by atoms with Gasteiger partial charge in [-0.1, -0.05) is 24.3 Å². The predicted octanol–water partition coefficient (Wildman–Crippen LogP) is 2.90. The molecule has 29 heavy (non-hydrogen) atoms. The second kappa shape index (κ2) is 7.40. The zero-order valence-electron chi connectivity index (χ0n) is 15.9. The molecule has 0 N–H and O–H groups in total. The van der Waals surface area contributed by atoms with Crippen LogP contribution in [0.25, 0.3) is 10.4 Å². The Morgan fingerprint density at radius 3 is 2.38 bits per heavy atom. The number of aromatic nitrogens is 2. The van der Waals surface area contributed by atoms with E-state index >= 15 is 0 Å². The van der Waals surface area contributed by atoms with Gasteiger partial charge >= 0.3 is 0 Å². The van der Waals surface area contributed by atoms with Crippen molar-refractivity contribution in [2.45, 2.75) is 12.8 Å². The normalized spacial score (nSPS) is 15.6. The highest BCUT2D eigenvalue weighted by Gasteiger charge is 2.28. The van der Waals surface area contributed by atoms with Crippen molar-refractivity contribution in [1.82, 2.24) is 19.8 Å². The predicted molar refractivity (Wildman–Crippen MR) is 111 cm³/mol. The first-order valence-corrected chi connectivity index (χ1v) is 10.6. The largest absolute Gasteiger partial charge is 0.334 e. The minimum atomic E-state index is -0.131. The maximum atomic E-state index is 13.1. The fourth-order valence-electron chi connectivity index (χ4n) is 4.02. The van der Waals surface area contributed by atoms with E-state index in [0.717, 1.165) is 17.7 Å². The molecular weight excluding hydrogens is 384 g/mol. The van der Waals surface area contributed by atoms with Gasteiger partial charge in [-0.25, -0.2) is 4.98 Å². The average molecular weight is 404 g/mol. The molecule has 2 amide bonds. The van der Waals surface area contributed by atoms with Gasteiger partial charge in [-0.15, -0.1) is 11.3 Å². The summed E-state index contributed by atoms with van der Waals surface area (Å²) in [5, 5.41) is 0. The number of piperazine rings is 1. The second-order valence-electron chi connectivity index (χ2n) is 7.30. The van der Waals surface area contributed by atoms with Crippen molar-refractivity contribution in [3.63, 3.8) is 0 Å². The molecule has 0 unspecified atom stereocenters. The standard InChI is InChI=1S/C22H20N4O2S/c27-21(18-14-23-7-8-24-18)25-9-11-26(12-10-25)22(28)19-13-16-6-5-15-3-1-2-4-17(15)20(16)29-19/h1-4,7-8,13-14H,5-6,9-12H2. The average Bonchev–Trinajstić information content (AvgIpc) is 3.24. The number of rotatable bonds is 2. The van der Waals surface area contributed by atoms with E-state index in [1.807, 2.05) is 4.90 Å². The van der Waals surface area contributed by atoms with E-state index in [2.05, 4.69) is 40.3 Å². The molecule has 6 nitrogen and oxygen atoms in total. The summed E-state index contributed by atoms with van der Waals surface area (Å²) in [5.74, 6) is -0.0677. The first-order chi connectivity index (χ1) is 14.2. The highest BCUT2D eigenvalue weighted by atomic mass is 32.1. The molecule has 2 aromatic heterocycles. The Morgan fingerprint density at radius 1 is 0.897 bits per heavy atom. The van der Waals surface area contributed by atoms with Gasteiger partial charge in [0.2, 0.25) is 0 Å². The third-order valence-corrected chi connectivity index (χ3v) is 6.78. The second-order valence-corrected chi connectivity index (χ2v) is 8.35. The van der Waals surface area contributed by atoms with Crippen molar-refractivity contribution in [2.24, 2.45) is 0 Å². The summed E-state index contributed by atoms with van der Waals surface area (Å²) in [6, 6.07) is 10.5. The molecule has 0 atom stereocenters. The number of benzene rings is 1. The SMILES string of the molecule is O=C(c1cnccn1)N1CCN(C(=O)c2cc3c(s2)-c2ccccc2CC3)CC1. The van der Waals surface area contributed by atoms with Crippen LogP contribution in [0.3, 0.4) is 0 Å². The van der Waals surface area contributed by atoms with Crippen LogP contribution in [0, 0.1) is 0 Å². The Labute approximate surface area is 172 Å². The summed E-state index contributed by atoms with van der Waals surface area (Å²) < 4.78 is 0. The lowest BCUT2D eigenvalue weighted by molar-refractivity contribution is 0.0534. The van der Waals surface area contributed by atoms with Crippen molar-refractivity contribution in [2.75, 3.05) is 26.2 Å². The number of carbonyl (C=O) groups excluding carboxylic acids is 2. The number of hydrogen-bond donors (Lipinski definition) is 0. The minimum absolute atomic E-state index is 0.0634. The quantitative estimate of drug-likeness (QED) is 0.659. The van der Waals surface area contributed by atoms with Crippen LogP contribution in [-0.4, -0.2) is 57.8 Å². The number of nitrogens with zero attached hydrogens (tertiary/aromatic N) is 4. The fraction of sp³-hybridized carbons (Fsp3) is 0.273. The third-order valence-electron chi connectivity index (χ3n) is 5.58. The Balaban J connectivity index is 1.29. The van der Waals surface area contributed by atoms with Gasteiger partial charge in [0.1, 0.15) is 5.69 Å². The van der Waals surface area contributed by atoms with Crippen LogP contribution >= 0.6 is 11.3 Å². The van der Waals surface area contributed by atoms with Crippen molar-refractivity contribution in [1.29, 1.82) is 0 Å². The number of hydrogen-bond acceptors (Lipinski definition) is 5. The summed E-state index contributed by atoms with van der Waals surface area (Å²) in [6.45, 7) is 2.08. The summed E-state index contributed by atoms with van der Waals surface area (Å²) in [6.07, 6.45) is 6.55. The number of aryl methyl sites for hydroxylation is 2. The minimum Gasteiger partial charge on any atom is -0.334 e. The molecule has 0 spiro atoms. The van der Waals surface area contributed by atoms with Crippen LogP contribution in [0.1, 0.15) is 31.3 Å². The molecule has 0 radical (unpaired) electrons. The molecule has 1 saturated heterocycles. The first kappa shape index (κ1) is 18.0. The highest BCUT2D eigenvalue weighted by molar-refractivity contribution is 7.17. The topological polar surface area (TPSA) is 66.4 Å². The van der Waals surface area contributed by atoms with Crippen molar-refractivity contribution >= 4 is 23.2 Å². The summed E-state index contributed by atoms with van der Waals surface area (Å²) >= 11 is 1.59. The summed E-state index contributed by atoms with van der Waals surface area (Å²) in [4.78, 5) is 39.3. The highest BCUT2D eigenvalue weighted by Crippen LogP contribution is 2.39. The number of carbonyl (C=O) groups is 2. The fourth-order valence-corrected chi connectivity index (χ4v) is 5.26. The maximum Gasteiger partial charge on any atom is 0.274 e. The lowest BCUT2D eigenvalue weighted by Crippen LogP contribution is -2.50. The zero-order valence-corrected chi connectivity index (χ0v) is 16.7. The number of amides is 2.